The van der Waals surface area contributed by atoms with Crippen molar-refractivity contribution in [3.8, 4) is 0 Å². The lowest BCUT2D eigenvalue weighted by molar-refractivity contribution is 1.77. The fraction of sp³-hybridized carbons (Fsp3) is 0.250. The Morgan fingerprint density at radius 2 is 2.33 bits per heavy atom. The zero-order chi connectivity index (χ0) is 4.83. The van der Waals surface area contributed by atoms with Gasteiger partial charge in [0.25, 0.3) is 0 Å². The van der Waals surface area contributed by atoms with Crippen LogP contribution in [0, 0.1) is 0 Å². The van der Waals surface area contributed by atoms with Crippen LogP contribution >= 0.6 is 16.1 Å². The number of allylic oxidation sites excluding steroid dienone is 2. The molecule has 0 unspecified atom stereocenters. The fourth-order valence-corrected chi connectivity index (χ4v) is 0.255. The number of rotatable bonds is 1. The van der Waals surface area contributed by atoms with E-state index in [9.17, 15) is 0 Å². The molecule has 0 atom stereocenters. The summed E-state index contributed by atoms with van der Waals surface area (Å²) in [5.74, 6) is 0. The third-order valence-electron chi connectivity index (χ3n) is 0.335. The Kier molecular flexibility index (Phi) is 4.80. The maximum Gasteiger partial charge on any atom is 0.0733 e. The monoisotopic (exact) mass is 147 g/mol. The Morgan fingerprint density at radius 1 is 1.67 bits per heavy atom. The van der Waals surface area contributed by atoms with Gasteiger partial charge in [0.05, 0.1) is 16.1 Å². The minimum Gasteiger partial charge on any atom is -0.215 e. The molecule has 1 nitrogen and oxygen atoms in total. The average Bonchev–Trinajstić information content (AvgIpc) is 1.61. The Labute approximate surface area is 46.1 Å². The molecule has 0 aliphatic heterocycles. The Balaban J connectivity index is 3.07. The van der Waals surface area contributed by atoms with Gasteiger partial charge in [0, 0.05) is 6.21 Å². The van der Waals surface area contributed by atoms with Crippen LogP contribution in [0.2, 0.25) is 0 Å². The van der Waals surface area contributed by atoms with Crippen LogP contribution in [0.25, 0.3) is 0 Å². The first-order chi connectivity index (χ1) is 2.91. The molecule has 0 aromatic heterocycles. The number of hydrogen-bond donors (Lipinski definition) is 0. The molecule has 0 heterocycles. The maximum atomic E-state index is 3.53. The van der Waals surface area contributed by atoms with E-state index in [0.29, 0.717) is 0 Å². The van der Waals surface area contributed by atoms with E-state index in [1.54, 1.807) is 6.21 Å². The normalized spacial score (nSPS) is 11.7. The molecule has 0 aliphatic rings. The molecule has 0 saturated heterocycles. The molecular formula is C4H6BrN. The molecule has 34 valence electrons. The third kappa shape index (κ3) is 3.89. The summed E-state index contributed by atoms with van der Waals surface area (Å²) in [6, 6.07) is 0. The first kappa shape index (κ1) is 5.89. The van der Waals surface area contributed by atoms with E-state index in [0.717, 1.165) is 0 Å². The number of hydrogen-bond acceptors (Lipinski definition) is 1. The number of halogens is 1. The highest BCUT2D eigenvalue weighted by molar-refractivity contribution is 9.08. The van der Waals surface area contributed by atoms with E-state index in [-0.39, 0.29) is 0 Å². The van der Waals surface area contributed by atoms with Crippen LogP contribution < -0.4 is 0 Å². The Bertz CT molecular complexity index is 55.9. The molecule has 0 spiro atoms. The summed E-state index contributed by atoms with van der Waals surface area (Å²) in [7, 11) is 0. The summed E-state index contributed by atoms with van der Waals surface area (Å²) >= 11 is 2.87. The van der Waals surface area contributed by atoms with Crippen LogP contribution in [-0.2, 0) is 0 Å². The summed E-state index contributed by atoms with van der Waals surface area (Å²) in [6.07, 6.45) is 5.42. The van der Waals surface area contributed by atoms with E-state index in [1.807, 2.05) is 19.1 Å². The van der Waals surface area contributed by atoms with Gasteiger partial charge >= 0.3 is 0 Å². The summed E-state index contributed by atoms with van der Waals surface area (Å²) in [5, 5.41) is 0. The largest absolute Gasteiger partial charge is 0.215 e. The third-order valence-corrected chi connectivity index (χ3v) is 0.571. The van der Waals surface area contributed by atoms with Crippen LogP contribution in [0.4, 0.5) is 0 Å². The lowest BCUT2D eigenvalue weighted by atomic mass is 10.6. The zero-order valence-electron chi connectivity index (χ0n) is 3.56. The van der Waals surface area contributed by atoms with Crippen molar-refractivity contribution in [2.24, 2.45) is 4.02 Å². The van der Waals surface area contributed by atoms with Crippen LogP contribution in [0.1, 0.15) is 6.92 Å². The molecule has 0 aromatic rings. The van der Waals surface area contributed by atoms with E-state index in [2.05, 4.69) is 20.2 Å². The molecule has 0 rings (SSSR count). The summed E-state index contributed by atoms with van der Waals surface area (Å²) in [5.41, 5.74) is 0. The fourth-order valence-electron chi connectivity index (χ4n) is 0.119. The summed E-state index contributed by atoms with van der Waals surface area (Å²) in [4.78, 5) is 0. The van der Waals surface area contributed by atoms with Gasteiger partial charge in [-0.3, -0.25) is 0 Å². The van der Waals surface area contributed by atoms with Gasteiger partial charge in [0.1, 0.15) is 0 Å². The molecule has 0 amide bonds. The van der Waals surface area contributed by atoms with E-state index < -0.39 is 0 Å². The Morgan fingerprint density at radius 3 is 2.50 bits per heavy atom. The van der Waals surface area contributed by atoms with Gasteiger partial charge in [-0.25, -0.2) is 4.02 Å². The molecule has 0 bridgehead atoms. The van der Waals surface area contributed by atoms with Crippen LogP contribution in [0.5, 0.6) is 0 Å². The molecule has 0 fully saturated rings. The highest BCUT2D eigenvalue weighted by Crippen LogP contribution is 1.75. The lowest BCUT2D eigenvalue weighted by Gasteiger charge is -1.60. The predicted molar refractivity (Wildman–Crippen MR) is 32.2 cm³/mol. The molecule has 2 heteroatoms. The van der Waals surface area contributed by atoms with Gasteiger partial charge in [-0.15, -0.1) is 0 Å². The quantitative estimate of drug-likeness (QED) is 0.504. The molecule has 0 saturated carbocycles. The van der Waals surface area contributed by atoms with Crippen LogP contribution in [-0.4, -0.2) is 6.21 Å². The molecular weight excluding hydrogens is 142 g/mol. The molecule has 0 aliphatic carbocycles. The second-order valence-corrected chi connectivity index (χ2v) is 1.18. The van der Waals surface area contributed by atoms with Crippen molar-refractivity contribution in [2.75, 3.05) is 0 Å². The summed E-state index contributed by atoms with van der Waals surface area (Å²) < 4.78 is 3.53. The minimum absolute atomic E-state index is 1.67. The Hall–Kier alpha value is -0.110. The molecule has 6 heavy (non-hydrogen) atoms. The van der Waals surface area contributed by atoms with Crippen LogP contribution in [0.3, 0.4) is 0 Å². The first-order valence-electron chi connectivity index (χ1n) is 1.67. The second-order valence-electron chi connectivity index (χ2n) is 0.772. The van der Waals surface area contributed by atoms with Gasteiger partial charge < -0.3 is 0 Å². The zero-order valence-corrected chi connectivity index (χ0v) is 5.14. The standard InChI is InChI=1S/C4H6BrN/c1-2-3-4-6-5/h2-4H,1H3/b3-2-,6-4-. The smallest absolute Gasteiger partial charge is 0.0733 e. The van der Waals surface area contributed by atoms with E-state index in [1.165, 1.54) is 0 Å². The van der Waals surface area contributed by atoms with Gasteiger partial charge in [-0.2, -0.15) is 0 Å². The molecule has 0 N–H and O–H groups in total. The number of nitrogens with zero attached hydrogens (tertiary/aromatic N) is 1. The lowest BCUT2D eigenvalue weighted by Crippen LogP contribution is -1.51. The maximum absolute atomic E-state index is 3.53. The minimum atomic E-state index is 1.67. The first-order valence-corrected chi connectivity index (χ1v) is 2.38. The van der Waals surface area contributed by atoms with Crippen molar-refractivity contribution >= 4 is 22.4 Å². The average molecular weight is 148 g/mol. The topological polar surface area (TPSA) is 12.4 Å². The van der Waals surface area contributed by atoms with E-state index >= 15 is 0 Å². The van der Waals surface area contributed by atoms with Gasteiger partial charge in [-0.1, -0.05) is 6.08 Å². The summed E-state index contributed by atoms with van der Waals surface area (Å²) in [6.45, 7) is 1.94. The highest BCUT2D eigenvalue weighted by atomic mass is 79.9. The second kappa shape index (κ2) is 4.89. The van der Waals surface area contributed by atoms with Crippen molar-refractivity contribution in [2.45, 2.75) is 6.92 Å². The van der Waals surface area contributed by atoms with Gasteiger partial charge in [0.2, 0.25) is 0 Å². The van der Waals surface area contributed by atoms with Gasteiger partial charge in [-0.05, 0) is 13.0 Å². The van der Waals surface area contributed by atoms with Crippen molar-refractivity contribution in [1.82, 2.24) is 0 Å². The van der Waals surface area contributed by atoms with Crippen molar-refractivity contribution < 1.29 is 0 Å². The molecule has 0 radical (unpaired) electrons. The van der Waals surface area contributed by atoms with Crippen molar-refractivity contribution in [3.05, 3.63) is 12.2 Å². The predicted octanol–water partition coefficient (Wildman–Crippen LogP) is 1.94. The SMILES string of the molecule is C/C=C\C=N/Br. The van der Waals surface area contributed by atoms with E-state index in [4.69, 9.17) is 0 Å². The molecule has 0 aromatic carbocycles. The van der Waals surface area contributed by atoms with Gasteiger partial charge in [0.15, 0.2) is 0 Å². The van der Waals surface area contributed by atoms with Crippen molar-refractivity contribution in [3.63, 3.8) is 0 Å². The van der Waals surface area contributed by atoms with Crippen molar-refractivity contribution in [1.29, 1.82) is 0 Å². The highest BCUT2D eigenvalue weighted by Gasteiger charge is 1.51. The van der Waals surface area contributed by atoms with Crippen LogP contribution in [0.15, 0.2) is 16.2 Å².